The molecule has 0 saturated heterocycles. The number of nitrogens with one attached hydrogen (secondary N) is 1. The van der Waals surface area contributed by atoms with Crippen molar-refractivity contribution >= 4 is 46.6 Å². The number of carbonyl (C=O) groups excluding carboxylic acids is 1. The molecule has 0 spiro atoms. The fourth-order valence-corrected chi connectivity index (χ4v) is 4.06. The lowest BCUT2D eigenvalue weighted by molar-refractivity contribution is -0.116. The summed E-state index contributed by atoms with van der Waals surface area (Å²) < 4.78 is 0. The van der Waals surface area contributed by atoms with Crippen LogP contribution in [-0.2, 0) is 4.79 Å². The second kappa shape index (κ2) is 5.68. The van der Waals surface area contributed by atoms with E-state index < -0.39 is 0 Å². The summed E-state index contributed by atoms with van der Waals surface area (Å²) in [6.45, 7) is 0. The van der Waals surface area contributed by atoms with Crippen LogP contribution in [0.15, 0.2) is 47.4 Å². The van der Waals surface area contributed by atoms with Crippen LogP contribution >= 0.6 is 35.0 Å². The highest BCUT2D eigenvalue weighted by Gasteiger charge is 2.24. The van der Waals surface area contributed by atoms with Crippen molar-refractivity contribution < 1.29 is 4.79 Å². The number of benzene rings is 2. The van der Waals surface area contributed by atoms with Crippen molar-refractivity contribution in [2.75, 3.05) is 5.32 Å². The highest BCUT2D eigenvalue weighted by atomic mass is 35.5. The van der Waals surface area contributed by atoms with Gasteiger partial charge in [0.05, 0.1) is 5.69 Å². The Morgan fingerprint density at radius 1 is 1.15 bits per heavy atom. The quantitative estimate of drug-likeness (QED) is 0.784. The predicted octanol–water partition coefficient (Wildman–Crippen LogP) is 5.17. The summed E-state index contributed by atoms with van der Waals surface area (Å²) in [5.41, 5.74) is 1.79. The number of fused-ring (bicyclic) bond motifs is 1. The van der Waals surface area contributed by atoms with Gasteiger partial charge in [-0.25, -0.2) is 0 Å². The minimum absolute atomic E-state index is 0.00142. The zero-order chi connectivity index (χ0) is 14.1. The zero-order valence-corrected chi connectivity index (χ0v) is 12.7. The Hall–Kier alpha value is -1.16. The van der Waals surface area contributed by atoms with Gasteiger partial charge in [0.1, 0.15) is 0 Å². The van der Waals surface area contributed by atoms with E-state index in [0.717, 1.165) is 16.1 Å². The fraction of sp³-hybridized carbons (Fsp3) is 0.133. The first kappa shape index (κ1) is 13.8. The number of anilines is 1. The van der Waals surface area contributed by atoms with Crippen LogP contribution < -0.4 is 5.32 Å². The summed E-state index contributed by atoms with van der Waals surface area (Å²) in [5, 5.41) is 4.11. The predicted molar refractivity (Wildman–Crippen MR) is 84.7 cm³/mol. The van der Waals surface area contributed by atoms with Crippen molar-refractivity contribution in [2.45, 2.75) is 16.6 Å². The van der Waals surface area contributed by atoms with Gasteiger partial charge in [0.25, 0.3) is 0 Å². The van der Waals surface area contributed by atoms with E-state index in [-0.39, 0.29) is 11.2 Å². The van der Waals surface area contributed by atoms with Crippen molar-refractivity contribution in [2.24, 2.45) is 0 Å². The lowest BCUT2D eigenvalue weighted by Crippen LogP contribution is -2.12. The number of amides is 1. The van der Waals surface area contributed by atoms with E-state index in [1.165, 1.54) is 0 Å². The summed E-state index contributed by atoms with van der Waals surface area (Å²) in [7, 11) is 0. The Kier molecular flexibility index (Phi) is 3.92. The van der Waals surface area contributed by atoms with Crippen LogP contribution in [0.1, 0.15) is 17.2 Å². The minimum atomic E-state index is -0.0107. The van der Waals surface area contributed by atoms with E-state index in [4.69, 9.17) is 23.2 Å². The Morgan fingerprint density at radius 2 is 1.95 bits per heavy atom. The van der Waals surface area contributed by atoms with Crippen molar-refractivity contribution in [1.82, 2.24) is 0 Å². The van der Waals surface area contributed by atoms with Crippen LogP contribution in [0.3, 0.4) is 0 Å². The number of carbonyl (C=O) groups is 1. The molecule has 0 bridgehead atoms. The lowest BCUT2D eigenvalue weighted by Gasteiger charge is -2.15. The van der Waals surface area contributed by atoms with E-state index in [9.17, 15) is 4.79 Å². The van der Waals surface area contributed by atoms with E-state index >= 15 is 0 Å². The molecule has 102 valence electrons. The molecule has 0 aromatic heterocycles. The highest BCUT2D eigenvalue weighted by molar-refractivity contribution is 7.99. The van der Waals surface area contributed by atoms with Gasteiger partial charge in [0, 0.05) is 26.6 Å². The van der Waals surface area contributed by atoms with Gasteiger partial charge in [-0.05, 0) is 29.8 Å². The SMILES string of the molecule is O=C1CC(c2ccc(Cl)cc2Cl)Sc2ccccc2N1. The smallest absolute Gasteiger partial charge is 0.225 e. The molecule has 0 aliphatic carbocycles. The van der Waals surface area contributed by atoms with E-state index in [2.05, 4.69) is 5.32 Å². The van der Waals surface area contributed by atoms with Gasteiger partial charge >= 0.3 is 0 Å². The molecule has 1 amide bonds. The van der Waals surface area contributed by atoms with Crippen LogP contribution in [-0.4, -0.2) is 5.91 Å². The first-order valence-corrected chi connectivity index (χ1v) is 7.77. The summed E-state index contributed by atoms with van der Waals surface area (Å²) >= 11 is 13.8. The van der Waals surface area contributed by atoms with Gasteiger partial charge in [-0.1, -0.05) is 41.4 Å². The maximum atomic E-state index is 12.0. The monoisotopic (exact) mass is 323 g/mol. The van der Waals surface area contributed by atoms with Crippen molar-refractivity contribution in [3.05, 3.63) is 58.1 Å². The van der Waals surface area contributed by atoms with Crippen LogP contribution in [0, 0.1) is 0 Å². The van der Waals surface area contributed by atoms with E-state index in [0.29, 0.717) is 16.5 Å². The molecule has 1 aliphatic rings. The molecule has 3 rings (SSSR count). The minimum Gasteiger partial charge on any atom is -0.325 e. The Labute approximate surface area is 131 Å². The van der Waals surface area contributed by atoms with Gasteiger partial charge < -0.3 is 5.32 Å². The average molecular weight is 324 g/mol. The molecule has 1 unspecified atom stereocenters. The molecule has 20 heavy (non-hydrogen) atoms. The van der Waals surface area contributed by atoms with Crippen molar-refractivity contribution in [3.63, 3.8) is 0 Å². The molecule has 1 aliphatic heterocycles. The summed E-state index contributed by atoms with van der Waals surface area (Å²) in [6.07, 6.45) is 0.390. The molecule has 2 nitrogen and oxygen atoms in total. The molecule has 0 radical (unpaired) electrons. The van der Waals surface area contributed by atoms with Crippen molar-refractivity contribution in [3.8, 4) is 0 Å². The zero-order valence-electron chi connectivity index (χ0n) is 10.4. The first-order valence-electron chi connectivity index (χ1n) is 6.14. The topological polar surface area (TPSA) is 29.1 Å². The summed E-state index contributed by atoms with van der Waals surface area (Å²) in [5.74, 6) is -0.00142. The number of thioether (sulfide) groups is 1. The van der Waals surface area contributed by atoms with Gasteiger partial charge in [-0.2, -0.15) is 0 Å². The number of hydrogen-bond donors (Lipinski definition) is 1. The van der Waals surface area contributed by atoms with Crippen molar-refractivity contribution in [1.29, 1.82) is 0 Å². The second-order valence-corrected chi connectivity index (χ2v) is 6.61. The van der Waals surface area contributed by atoms with E-state index in [1.54, 1.807) is 23.9 Å². The fourth-order valence-electron chi connectivity index (χ4n) is 2.17. The molecule has 1 atom stereocenters. The largest absolute Gasteiger partial charge is 0.325 e. The van der Waals surface area contributed by atoms with E-state index in [1.807, 2.05) is 30.3 Å². The molecule has 5 heteroatoms. The molecule has 2 aromatic carbocycles. The molecule has 1 heterocycles. The maximum absolute atomic E-state index is 12.0. The molecule has 2 aromatic rings. The Morgan fingerprint density at radius 3 is 2.75 bits per heavy atom. The van der Waals surface area contributed by atoms with Crippen LogP contribution in [0.2, 0.25) is 10.0 Å². The summed E-state index contributed by atoms with van der Waals surface area (Å²) in [4.78, 5) is 13.1. The molecule has 0 saturated carbocycles. The van der Waals surface area contributed by atoms with Crippen LogP contribution in [0.4, 0.5) is 5.69 Å². The van der Waals surface area contributed by atoms with Gasteiger partial charge in [0.2, 0.25) is 5.91 Å². The number of rotatable bonds is 1. The maximum Gasteiger partial charge on any atom is 0.225 e. The third-order valence-electron chi connectivity index (χ3n) is 3.11. The number of hydrogen-bond acceptors (Lipinski definition) is 2. The second-order valence-electron chi connectivity index (χ2n) is 4.52. The lowest BCUT2D eigenvalue weighted by atomic mass is 10.1. The van der Waals surface area contributed by atoms with Crippen LogP contribution in [0.5, 0.6) is 0 Å². The van der Waals surface area contributed by atoms with Gasteiger partial charge in [-0.3, -0.25) is 4.79 Å². The summed E-state index contributed by atoms with van der Waals surface area (Å²) in [6, 6.07) is 13.2. The third-order valence-corrected chi connectivity index (χ3v) is 4.99. The number of halogens is 2. The Bertz CT molecular complexity index is 675. The standard InChI is InChI=1S/C15H11Cl2NOS/c16-9-5-6-10(11(17)7-9)14-8-15(19)18-12-3-1-2-4-13(12)20-14/h1-7,14H,8H2,(H,18,19). The van der Waals surface area contributed by atoms with Gasteiger partial charge in [-0.15, -0.1) is 11.8 Å². The normalized spacial score (nSPS) is 18.1. The molecular formula is C15H11Cl2NOS. The van der Waals surface area contributed by atoms with Crippen LogP contribution in [0.25, 0.3) is 0 Å². The molecule has 1 N–H and O–H groups in total. The Balaban J connectivity index is 2.00. The first-order chi connectivity index (χ1) is 9.63. The van der Waals surface area contributed by atoms with Gasteiger partial charge in [0.15, 0.2) is 0 Å². The number of para-hydroxylation sites is 1. The molecular weight excluding hydrogens is 313 g/mol. The third kappa shape index (κ3) is 2.80. The average Bonchev–Trinajstić information content (AvgIpc) is 2.56. The highest BCUT2D eigenvalue weighted by Crippen LogP contribution is 2.45. The molecule has 0 fully saturated rings.